The normalized spacial score (nSPS) is 10.8. The minimum Gasteiger partial charge on any atom is -0.326 e. The van der Waals surface area contributed by atoms with Gasteiger partial charge in [-0.2, -0.15) is 0 Å². The van der Waals surface area contributed by atoms with Crippen LogP contribution in [-0.2, 0) is 6.54 Å². The van der Waals surface area contributed by atoms with Gasteiger partial charge in [0.25, 0.3) is 0 Å². The van der Waals surface area contributed by atoms with Crippen molar-refractivity contribution >= 4 is 10.9 Å². The average molecular weight is 248 g/mol. The third-order valence-corrected chi connectivity index (χ3v) is 3.31. The molecule has 1 aromatic heterocycles. The SMILES string of the molecule is Cc1cnc2ccc(-c3cccc(CN)c3)cc2c1. The number of benzene rings is 2. The zero-order valence-electron chi connectivity index (χ0n) is 10.9. The van der Waals surface area contributed by atoms with Crippen LogP contribution in [0.4, 0.5) is 0 Å². The Labute approximate surface area is 112 Å². The Morgan fingerprint density at radius 1 is 1.00 bits per heavy atom. The molecule has 2 N–H and O–H groups in total. The number of aromatic nitrogens is 1. The van der Waals surface area contributed by atoms with Crippen molar-refractivity contribution in [2.75, 3.05) is 0 Å². The Kier molecular flexibility index (Phi) is 3.02. The first-order chi connectivity index (χ1) is 9.26. The van der Waals surface area contributed by atoms with Crippen LogP contribution in [0.1, 0.15) is 11.1 Å². The van der Waals surface area contributed by atoms with E-state index in [1.165, 1.54) is 22.1 Å². The van der Waals surface area contributed by atoms with Crippen molar-refractivity contribution in [3.63, 3.8) is 0 Å². The van der Waals surface area contributed by atoms with E-state index in [1.54, 1.807) is 0 Å². The Balaban J connectivity index is 2.13. The van der Waals surface area contributed by atoms with Gasteiger partial charge in [-0.3, -0.25) is 4.98 Å². The van der Waals surface area contributed by atoms with Gasteiger partial charge in [0.1, 0.15) is 0 Å². The molecule has 0 bridgehead atoms. The quantitative estimate of drug-likeness (QED) is 0.751. The first-order valence-corrected chi connectivity index (χ1v) is 6.42. The zero-order chi connectivity index (χ0) is 13.2. The lowest BCUT2D eigenvalue weighted by molar-refractivity contribution is 1.07. The molecule has 94 valence electrons. The van der Waals surface area contributed by atoms with Crippen molar-refractivity contribution < 1.29 is 0 Å². The lowest BCUT2D eigenvalue weighted by atomic mass is 10.0. The molecule has 0 amide bonds. The van der Waals surface area contributed by atoms with Crippen LogP contribution in [0.15, 0.2) is 54.7 Å². The van der Waals surface area contributed by atoms with E-state index in [9.17, 15) is 0 Å². The van der Waals surface area contributed by atoms with Crippen LogP contribution < -0.4 is 5.73 Å². The zero-order valence-corrected chi connectivity index (χ0v) is 10.9. The van der Waals surface area contributed by atoms with Gasteiger partial charge >= 0.3 is 0 Å². The predicted octanol–water partition coefficient (Wildman–Crippen LogP) is 3.67. The number of hydrogen-bond acceptors (Lipinski definition) is 2. The summed E-state index contributed by atoms with van der Waals surface area (Å²) in [6.45, 7) is 2.64. The van der Waals surface area contributed by atoms with Crippen molar-refractivity contribution in [1.29, 1.82) is 0 Å². The van der Waals surface area contributed by atoms with Crippen molar-refractivity contribution in [2.24, 2.45) is 5.73 Å². The van der Waals surface area contributed by atoms with Gasteiger partial charge in [0.05, 0.1) is 5.52 Å². The van der Waals surface area contributed by atoms with Crippen LogP contribution >= 0.6 is 0 Å². The Morgan fingerprint density at radius 3 is 2.68 bits per heavy atom. The molecule has 0 fully saturated rings. The molecule has 0 spiro atoms. The molecule has 2 aromatic carbocycles. The molecule has 1 heterocycles. The van der Waals surface area contributed by atoms with Crippen LogP contribution in [0.3, 0.4) is 0 Å². The maximum atomic E-state index is 5.70. The van der Waals surface area contributed by atoms with Gasteiger partial charge in [-0.15, -0.1) is 0 Å². The monoisotopic (exact) mass is 248 g/mol. The molecule has 19 heavy (non-hydrogen) atoms. The van der Waals surface area contributed by atoms with E-state index in [4.69, 9.17) is 5.73 Å². The van der Waals surface area contributed by atoms with E-state index >= 15 is 0 Å². The van der Waals surface area contributed by atoms with E-state index in [0.717, 1.165) is 11.1 Å². The summed E-state index contributed by atoms with van der Waals surface area (Å²) >= 11 is 0. The second-order valence-corrected chi connectivity index (χ2v) is 4.82. The number of nitrogens with two attached hydrogens (primary N) is 1. The Morgan fingerprint density at radius 2 is 1.84 bits per heavy atom. The second kappa shape index (κ2) is 4.82. The van der Waals surface area contributed by atoms with Crippen LogP contribution in [-0.4, -0.2) is 4.98 Å². The highest BCUT2D eigenvalue weighted by molar-refractivity contribution is 5.84. The number of hydrogen-bond donors (Lipinski definition) is 1. The lowest BCUT2D eigenvalue weighted by Crippen LogP contribution is -1.95. The minimum absolute atomic E-state index is 0.572. The molecular formula is C17H16N2. The van der Waals surface area contributed by atoms with Crippen LogP contribution in [0.2, 0.25) is 0 Å². The highest BCUT2D eigenvalue weighted by Gasteiger charge is 2.01. The highest BCUT2D eigenvalue weighted by atomic mass is 14.6. The summed E-state index contributed by atoms with van der Waals surface area (Å²) in [6.07, 6.45) is 1.90. The van der Waals surface area contributed by atoms with Crippen molar-refractivity contribution in [2.45, 2.75) is 13.5 Å². The molecule has 0 saturated carbocycles. The van der Waals surface area contributed by atoms with Crippen LogP contribution in [0.5, 0.6) is 0 Å². The lowest BCUT2D eigenvalue weighted by Gasteiger charge is -2.06. The number of pyridine rings is 1. The summed E-state index contributed by atoms with van der Waals surface area (Å²) in [5, 5.41) is 1.18. The molecule has 0 aliphatic heterocycles. The molecule has 0 aliphatic carbocycles. The molecule has 3 rings (SSSR count). The summed E-state index contributed by atoms with van der Waals surface area (Å²) in [6, 6.07) is 16.9. The Hall–Kier alpha value is -2.19. The van der Waals surface area contributed by atoms with Crippen molar-refractivity contribution in [3.8, 4) is 11.1 Å². The molecule has 0 radical (unpaired) electrons. The van der Waals surface area contributed by atoms with E-state index in [0.29, 0.717) is 6.54 Å². The van der Waals surface area contributed by atoms with E-state index in [2.05, 4.69) is 60.4 Å². The second-order valence-electron chi connectivity index (χ2n) is 4.82. The fraction of sp³-hybridized carbons (Fsp3) is 0.118. The summed E-state index contributed by atoms with van der Waals surface area (Å²) in [7, 11) is 0. The van der Waals surface area contributed by atoms with E-state index < -0.39 is 0 Å². The highest BCUT2D eigenvalue weighted by Crippen LogP contribution is 2.24. The van der Waals surface area contributed by atoms with Crippen LogP contribution in [0, 0.1) is 6.92 Å². The fourth-order valence-electron chi connectivity index (χ4n) is 2.30. The Bertz CT molecular complexity index is 732. The van der Waals surface area contributed by atoms with E-state index in [1.807, 2.05) is 6.20 Å². The molecular weight excluding hydrogens is 232 g/mol. The number of aryl methyl sites for hydroxylation is 1. The van der Waals surface area contributed by atoms with Crippen molar-refractivity contribution in [3.05, 3.63) is 65.9 Å². The molecule has 0 aliphatic rings. The molecule has 0 atom stereocenters. The molecule has 3 aromatic rings. The maximum Gasteiger partial charge on any atom is 0.0702 e. The predicted molar refractivity (Wildman–Crippen MR) is 79.8 cm³/mol. The van der Waals surface area contributed by atoms with Crippen molar-refractivity contribution in [1.82, 2.24) is 4.98 Å². The van der Waals surface area contributed by atoms with Gasteiger partial charge in [-0.1, -0.05) is 24.3 Å². The van der Waals surface area contributed by atoms with Gasteiger partial charge in [0.15, 0.2) is 0 Å². The topological polar surface area (TPSA) is 38.9 Å². The minimum atomic E-state index is 0.572. The van der Waals surface area contributed by atoms with Gasteiger partial charge < -0.3 is 5.73 Å². The molecule has 2 nitrogen and oxygen atoms in total. The molecule has 0 saturated heterocycles. The molecule has 2 heteroatoms. The van der Waals surface area contributed by atoms with Gasteiger partial charge in [-0.05, 0) is 53.4 Å². The van der Waals surface area contributed by atoms with Gasteiger partial charge in [0, 0.05) is 18.1 Å². The number of nitrogens with zero attached hydrogens (tertiary/aromatic N) is 1. The summed E-state index contributed by atoms with van der Waals surface area (Å²) in [4.78, 5) is 4.43. The average Bonchev–Trinajstić information content (AvgIpc) is 2.46. The maximum absolute atomic E-state index is 5.70. The first kappa shape index (κ1) is 11.9. The third kappa shape index (κ3) is 2.35. The molecule has 0 unspecified atom stereocenters. The third-order valence-electron chi connectivity index (χ3n) is 3.31. The van der Waals surface area contributed by atoms with E-state index in [-0.39, 0.29) is 0 Å². The first-order valence-electron chi connectivity index (χ1n) is 6.42. The number of fused-ring (bicyclic) bond motifs is 1. The smallest absolute Gasteiger partial charge is 0.0702 e. The standard InChI is InChI=1S/C17H16N2/c1-12-7-16-9-15(5-6-17(16)19-11-12)14-4-2-3-13(8-14)10-18/h2-9,11H,10,18H2,1H3. The van der Waals surface area contributed by atoms with Gasteiger partial charge in [-0.25, -0.2) is 0 Å². The summed E-state index contributed by atoms with van der Waals surface area (Å²) in [5.74, 6) is 0. The summed E-state index contributed by atoms with van der Waals surface area (Å²) in [5.41, 5.74) is 11.5. The largest absolute Gasteiger partial charge is 0.326 e. The number of rotatable bonds is 2. The summed E-state index contributed by atoms with van der Waals surface area (Å²) < 4.78 is 0. The van der Waals surface area contributed by atoms with Gasteiger partial charge in [0.2, 0.25) is 0 Å². The van der Waals surface area contributed by atoms with Crippen LogP contribution in [0.25, 0.3) is 22.0 Å². The fourth-order valence-corrected chi connectivity index (χ4v) is 2.30.